The van der Waals surface area contributed by atoms with Crippen molar-refractivity contribution in [1.29, 1.82) is 0 Å². The Morgan fingerprint density at radius 2 is 1.84 bits per heavy atom. The van der Waals surface area contributed by atoms with Crippen molar-refractivity contribution in [2.45, 2.75) is 12.3 Å². The van der Waals surface area contributed by atoms with Crippen molar-refractivity contribution in [3.05, 3.63) is 51.2 Å². The Labute approximate surface area is 121 Å². The molecule has 0 spiro atoms. The van der Waals surface area contributed by atoms with E-state index < -0.39 is 10.0 Å². The van der Waals surface area contributed by atoms with Gasteiger partial charge in [0, 0.05) is 17.1 Å². The van der Waals surface area contributed by atoms with E-state index in [0.29, 0.717) is 12.1 Å². The largest absolute Gasteiger partial charge is 0.380 e. The Hall–Kier alpha value is -1.08. The fourth-order valence-electron chi connectivity index (χ4n) is 1.59. The molecule has 0 amide bonds. The van der Waals surface area contributed by atoms with E-state index in [1.165, 1.54) is 11.3 Å². The van der Waals surface area contributed by atoms with Crippen molar-refractivity contribution in [1.82, 2.24) is 0 Å². The second-order valence-corrected chi connectivity index (χ2v) is 7.48. The van der Waals surface area contributed by atoms with E-state index in [-0.39, 0.29) is 5.75 Å². The van der Waals surface area contributed by atoms with E-state index in [4.69, 9.17) is 16.7 Å². The van der Waals surface area contributed by atoms with Gasteiger partial charge in [-0.1, -0.05) is 23.7 Å². The predicted molar refractivity (Wildman–Crippen MR) is 79.9 cm³/mol. The molecular formula is C12H13ClN2O2S2. The molecule has 0 radical (unpaired) electrons. The molecule has 0 fully saturated rings. The Bertz CT molecular complexity index is 651. The van der Waals surface area contributed by atoms with Gasteiger partial charge >= 0.3 is 0 Å². The van der Waals surface area contributed by atoms with Crippen LogP contribution in [0.4, 0.5) is 5.69 Å². The van der Waals surface area contributed by atoms with E-state index >= 15 is 0 Å². The number of sulfonamides is 1. The molecule has 1 aromatic heterocycles. The third-order valence-corrected chi connectivity index (χ3v) is 4.38. The molecule has 0 atom stereocenters. The number of nitrogens with two attached hydrogens (primary N) is 1. The monoisotopic (exact) mass is 316 g/mol. The summed E-state index contributed by atoms with van der Waals surface area (Å²) in [5.74, 6) is -0.145. The third kappa shape index (κ3) is 4.83. The molecule has 0 aliphatic carbocycles. The summed E-state index contributed by atoms with van der Waals surface area (Å²) in [6.45, 7) is 0.686. The average molecular weight is 317 g/mol. The molecule has 0 bridgehead atoms. The van der Waals surface area contributed by atoms with Gasteiger partial charge in [-0.2, -0.15) is 0 Å². The molecule has 0 saturated heterocycles. The van der Waals surface area contributed by atoms with Crippen LogP contribution in [-0.4, -0.2) is 8.42 Å². The van der Waals surface area contributed by atoms with E-state index in [1.54, 1.807) is 12.1 Å². The molecule has 0 aliphatic rings. The number of anilines is 1. The first-order valence-corrected chi connectivity index (χ1v) is 8.41. The van der Waals surface area contributed by atoms with Gasteiger partial charge in [0.05, 0.1) is 10.1 Å². The second kappa shape index (κ2) is 5.92. The van der Waals surface area contributed by atoms with Gasteiger partial charge in [0.2, 0.25) is 10.0 Å². The van der Waals surface area contributed by atoms with Crippen LogP contribution in [-0.2, 0) is 22.3 Å². The van der Waals surface area contributed by atoms with Crippen LogP contribution >= 0.6 is 22.9 Å². The lowest BCUT2D eigenvalue weighted by atomic mass is 10.2. The average Bonchev–Trinajstić information content (AvgIpc) is 2.72. The fraction of sp³-hybridized carbons (Fsp3) is 0.167. The van der Waals surface area contributed by atoms with Crippen molar-refractivity contribution in [3.8, 4) is 0 Å². The van der Waals surface area contributed by atoms with Gasteiger partial charge in [-0.05, 0) is 29.8 Å². The third-order valence-electron chi connectivity index (χ3n) is 2.42. The minimum absolute atomic E-state index is 0.145. The van der Waals surface area contributed by atoms with Crippen molar-refractivity contribution in [2.75, 3.05) is 5.32 Å². The predicted octanol–water partition coefficient (Wildman–Crippen LogP) is 2.80. The smallest absolute Gasteiger partial charge is 0.213 e. The summed E-state index contributed by atoms with van der Waals surface area (Å²) < 4.78 is 22.7. The van der Waals surface area contributed by atoms with Gasteiger partial charge in [-0.15, -0.1) is 11.3 Å². The number of primary sulfonamides is 1. The highest BCUT2D eigenvalue weighted by Crippen LogP contribution is 2.22. The molecule has 0 aliphatic heterocycles. The Morgan fingerprint density at radius 1 is 1.16 bits per heavy atom. The van der Waals surface area contributed by atoms with Crippen LogP contribution in [0.3, 0.4) is 0 Å². The number of thiophene rings is 1. The lowest BCUT2D eigenvalue weighted by molar-refractivity contribution is 0.597. The first kappa shape index (κ1) is 14.3. The molecule has 2 rings (SSSR count). The SMILES string of the molecule is NS(=O)(=O)Cc1ccc(NCc2ccc(Cl)s2)cc1. The highest BCUT2D eigenvalue weighted by molar-refractivity contribution is 7.88. The van der Waals surface area contributed by atoms with Gasteiger partial charge in [0.25, 0.3) is 0 Å². The number of benzene rings is 1. The number of nitrogens with one attached hydrogen (secondary N) is 1. The molecule has 4 nitrogen and oxygen atoms in total. The van der Waals surface area contributed by atoms with E-state index in [2.05, 4.69) is 5.32 Å². The van der Waals surface area contributed by atoms with E-state index in [0.717, 1.165) is 14.9 Å². The molecular weight excluding hydrogens is 304 g/mol. The Morgan fingerprint density at radius 3 is 2.37 bits per heavy atom. The van der Waals surface area contributed by atoms with Gasteiger partial charge in [-0.3, -0.25) is 0 Å². The number of hydrogen-bond acceptors (Lipinski definition) is 4. The topological polar surface area (TPSA) is 72.2 Å². The molecule has 1 aromatic carbocycles. The van der Waals surface area contributed by atoms with Crippen molar-refractivity contribution in [2.24, 2.45) is 5.14 Å². The summed E-state index contributed by atoms with van der Waals surface area (Å²) in [6.07, 6.45) is 0. The Kier molecular flexibility index (Phi) is 4.46. The highest BCUT2D eigenvalue weighted by atomic mass is 35.5. The maximum atomic E-state index is 10.9. The molecule has 3 N–H and O–H groups in total. The van der Waals surface area contributed by atoms with Crippen LogP contribution in [0.25, 0.3) is 0 Å². The van der Waals surface area contributed by atoms with Gasteiger partial charge < -0.3 is 5.32 Å². The van der Waals surface area contributed by atoms with Crippen molar-refractivity contribution in [3.63, 3.8) is 0 Å². The second-order valence-electron chi connectivity index (χ2n) is 4.06. The normalized spacial score (nSPS) is 11.5. The number of halogens is 1. The molecule has 2 aromatic rings. The molecule has 19 heavy (non-hydrogen) atoms. The zero-order valence-electron chi connectivity index (χ0n) is 9.97. The molecule has 1 heterocycles. The van der Waals surface area contributed by atoms with Crippen molar-refractivity contribution < 1.29 is 8.42 Å². The van der Waals surface area contributed by atoms with E-state index in [9.17, 15) is 8.42 Å². The standard InChI is InChI=1S/C12H13ClN2O2S2/c13-12-6-5-11(18-12)7-15-10-3-1-9(2-4-10)8-19(14,16)17/h1-6,15H,7-8H2,(H2,14,16,17). The van der Waals surface area contributed by atoms with Gasteiger partial charge in [0.1, 0.15) is 0 Å². The summed E-state index contributed by atoms with van der Waals surface area (Å²) in [5, 5.41) is 8.22. The zero-order chi connectivity index (χ0) is 13.9. The van der Waals surface area contributed by atoms with E-state index in [1.807, 2.05) is 24.3 Å². The van der Waals surface area contributed by atoms with Crippen molar-refractivity contribution >= 4 is 38.6 Å². The van der Waals surface area contributed by atoms with Crippen LogP contribution in [0.2, 0.25) is 4.34 Å². The number of rotatable bonds is 5. The molecule has 0 unspecified atom stereocenters. The summed E-state index contributed by atoms with van der Waals surface area (Å²) in [5.41, 5.74) is 1.59. The van der Waals surface area contributed by atoms with Crippen LogP contribution in [0, 0.1) is 0 Å². The summed E-state index contributed by atoms with van der Waals surface area (Å²) >= 11 is 7.37. The van der Waals surface area contributed by atoms with Crippen LogP contribution < -0.4 is 10.5 Å². The minimum atomic E-state index is -3.48. The van der Waals surface area contributed by atoms with Crippen LogP contribution in [0.15, 0.2) is 36.4 Å². The highest BCUT2D eigenvalue weighted by Gasteiger charge is 2.04. The summed E-state index contributed by atoms with van der Waals surface area (Å²) in [7, 11) is -3.48. The lowest BCUT2D eigenvalue weighted by Gasteiger charge is -2.06. The number of hydrogen-bond donors (Lipinski definition) is 2. The van der Waals surface area contributed by atoms with Crippen LogP contribution in [0.5, 0.6) is 0 Å². The fourth-order valence-corrected chi connectivity index (χ4v) is 3.27. The first-order chi connectivity index (χ1) is 8.92. The maximum Gasteiger partial charge on any atom is 0.213 e. The summed E-state index contributed by atoms with van der Waals surface area (Å²) in [6, 6.07) is 11.0. The quantitative estimate of drug-likeness (QED) is 0.891. The molecule has 7 heteroatoms. The Balaban J connectivity index is 1.95. The lowest BCUT2D eigenvalue weighted by Crippen LogP contribution is -2.14. The maximum absolute atomic E-state index is 10.9. The molecule has 102 valence electrons. The van der Waals surface area contributed by atoms with Gasteiger partial charge in [0.15, 0.2) is 0 Å². The molecule has 0 saturated carbocycles. The summed E-state index contributed by atoms with van der Waals surface area (Å²) in [4.78, 5) is 1.14. The minimum Gasteiger partial charge on any atom is -0.380 e. The van der Waals surface area contributed by atoms with Crippen LogP contribution in [0.1, 0.15) is 10.4 Å². The van der Waals surface area contributed by atoms with Gasteiger partial charge in [-0.25, -0.2) is 13.6 Å². The first-order valence-electron chi connectivity index (χ1n) is 5.50. The zero-order valence-corrected chi connectivity index (χ0v) is 12.4.